The number of rotatable bonds is 3. The molecule has 0 saturated carbocycles. The van der Waals surface area contributed by atoms with Crippen LogP contribution in [0.4, 0.5) is 5.69 Å². The highest BCUT2D eigenvalue weighted by Gasteiger charge is 2.50. The Balaban J connectivity index is 1.82. The van der Waals surface area contributed by atoms with Gasteiger partial charge in [-0.15, -0.1) is 23.5 Å². The molecule has 0 unspecified atom stereocenters. The highest BCUT2D eigenvalue weighted by atomic mass is 32.2. The van der Waals surface area contributed by atoms with Crippen LogP contribution in [0.2, 0.25) is 0 Å². The van der Waals surface area contributed by atoms with Crippen LogP contribution in [0, 0.1) is 5.92 Å². The van der Waals surface area contributed by atoms with Gasteiger partial charge in [-0.05, 0) is 24.3 Å². The van der Waals surface area contributed by atoms with Crippen molar-refractivity contribution < 1.29 is 9.53 Å². The van der Waals surface area contributed by atoms with Crippen LogP contribution >= 0.6 is 23.5 Å². The number of thioether (sulfide) groups is 2. The normalized spacial score (nSPS) is 27.5. The summed E-state index contributed by atoms with van der Waals surface area (Å²) < 4.78 is 5.69. The number of amides is 1. The molecule has 0 bridgehead atoms. The van der Waals surface area contributed by atoms with Gasteiger partial charge in [0.15, 0.2) is 0 Å². The Morgan fingerprint density at radius 3 is 2.42 bits per heavy atom. The predicted octanol–water partition coefficient (Wildman–Crippen LogP) is 2.85. The molecule has 2 aliphatic heterocycles. The van der Waals surface area contributed by atoms with Gasteiger partial charge < -0.3 is 9.64 Å². The lowest BCUT2D eigenvalue weighted by molar-refractivity contribution is -0.128. The lowest BCUT2D eigenvalue weighted by Gasteiger charge is -2.48. The maximum atomic E-state index is 12.2. The molecule has 2 atom stereocenters. The third-order valence-electron chi connectivity index (χ3n) is 3.71. The number of benzene rings is 1. The summed E-state index contributed by atoms with van der Waals surface area (Å²) >= 11 is 3.97. The van der Waals surface area contributed by atoms with Crippen LogP contribution in [0.15, 0.2) is 24.3 Å². The minimum Gasteiger partial charge on any atom is -0.497 e. The van der Waals surface area contributed by atoms with E-state index in [1.807, 2.05) is 59.6 Å². The molecule has 102 valence electrons. The van der Waals surface area contributed by atoms with Crippen LogP contribution in [0.1, 0.15) is 6.92 Å². The van der Waals surface area contributed by atoms with E-state index in [2.05, 4.69) is 0 Å². The Morgan fingerprint density at radius 1 is 1.21 bits per heavy atom. The van der Waals surface area contributed by atoms with Gasteiger partial charge in [-0.25, -0.2) is 0 Å². The third-order valence-corrected chi connectivity index (χ3v) is 6.88. The lowest BCUT2D eigenvalue weighted by atomic mass is 9.89. The molecule has 3 rings (SSSR count). The summed E-state index contributed by atoms with van der Waals surface area (Å²) in [6.07, 6.45) is 0. The maximum Gasteiger partial charge on any atom is 0.232 e. The molecular weight excluding hydrogens is 278 g/mol. The standard InChI is InChI=1S/C14H17NO2S2/c1-9-12(14-18-7-8-19-14)15(13(9)16)10-3-5-11(17-2)6-4-10/h3-6,9,12,14H,7-8H2,1-2H3/t9-,12+/m0/s1. The number of hydrogen-bond donors (Lipinski definition) is 0. The fourth-order valence-corrected chi connectivity index (χ4v) is 5.93. The van der Waals surface area contributed by atoms with Crippen molar-refractivity contribution in [2.75, 3.05) is 23.5 Å². The molecule has 1 aromatic carbocycles. The molecule has 1 amide bonds. The molecule has 2 aliphatic rings. The largest absolute Gasteiger partial charge is 0.497 e. The Labute approximate surface area is 122 Å². The van der Waals surface area contributed by atoms with E-state index < -0.39 is 0 Å². The molecule has 1 aromatic rings. The van der Waals surface area contributed by atoms with Crippen molar-refractivity contribution in [1.29, 1.82) is 0 Å². The molecular formula is C14H17NO2S2. The van der Waals surface area contributed by atoms with Crippen LogP contribution in [-0.2, 0) is 4.79 Å². The van der Waals surface area contributed by atoms with Crippen molar-refractivity contribution in [3.63, 3.8) is 0 Å². The van der Waals surface area contributed by atoms with Gasteiger partial charge in [0.1, 0.15) is 5.75 Å². The zero-order valence-electron chi connectivity index (χ0n) is 11.0. The Hall–Kier alpha value is -0.810. The smallest absolute Gasteiger partial charge is 0.232 e. The van der Waals surface area contributed by atoms with E-state index in [0.29, 0.717) is 10.6 Å². The molecule has 19 heavy (non-hydrogen) atoms. The summed E-state index contributed by atoms with van der Waals surface area (Å²) in [4.78, 5) is 14.1. The number of β-lactam (4-membered cyclic amide) rings is 1. The van der Waals surface area contributed by atoms with Crippen LogP contribution in [0.5, 0.6) is 5.75 Å². The molecule has 0 aromatic heterocycles. The first-order valence-electron chi connectivity index (χ1n) is 6.42. The van der Waals surface area contributed by atoms with Crippen molar-refractivity contribution in [3.05, 3.63) is 24.3 Å². The second kappa shape index (κ2) is 5.29. The van der Waals surface area contributed by atoms with Gasteiger partial charge in [0.25, 0.3) is 0 Å². The average Bonchev–Trinajstić information content (AvgIpc) is 2.97. The predicted molar refractivity (Wildman–Crippen MR) is 82.1 cm³/mol. The number of methoxy groups -OCH3 is 1. The summed E-state index contributed by atoms with van der Waals surface area (Å²) in [5.41, 5.74) is 0.988. The first-order chi connectivity index (χ1) is 9.22. The van der Waals surface area contributed by atoms with E-state index >= 15 is 0 Å². The van der Waals surface area contributed by atoms with E-state index in [0.717, 1.165) is 11.4 Å². The number of ether oxygens (including phenoxy) is 1. The first kappa shape index (κ1) is 13.2. The lowest BCUT2D eigenvalue weighted by Crippen LogP contribution is -2.63. The van der Waals surface area contributed by atoms with Crippen molar-refractivity contribution in [3.8, 4) is 5.75 Å². The highest BCUT2D eigenvalue weighted by Crippen LogP contribution is 2.45. The minimum absolute atomic E-state index is 0.144. The zero-order chi connectivity index (χ0) is 13.4. The van der Waals surface area contributed by atoms with E-state index in [1.165, 1.54) is 11.5 Å². The molecule has 5 heteroatoms. The molecule has 2 saturated heterocycles. The summed E-state index contributed by atoms with van der Waals surface area (Å²) in [5, 5.41) is 0. The third kappa shape index (κ3) is 2.23. The Bertz CT molecular complexity index is 471. The maximum absolute atomic E-state index is 12.2. The summed E-state index contributed by atoms with van der Waals surface area (Å²) in [6, 6.07) is 8.10. The molecule has 2 fully saturated rings. The molecule has 2 heterocycles. The summed E-state index contributed by atoms with van der Waals surface area (Å²) in [6.45, 7) is 2.05. The number of hydrogen-bond acceptors (Lipinski definition) is 4. The quantitative estimate of drug-likeness (QED) is 0.802. The molecule has 0 spiro atoms. The van der Waals surface area contributed by atoms with Crippen molar-refractivity contribution in [2.45, 2.75) is 17.5 Å². The number of carbonyl (C=O) groups excluding carboxylic acids is 1. The summed E-state index contributed by atoms with van der Waals surface area (Å²) in [5.74, 6) is 3.60. The van der Waals surface area contributed by atoms with Gasteiger partial charge in [-0.2, -0.15) is 0 Å². The van der Waals surface area contributed by atoms with Gasteiger partial charge in [-0.3, -0.25) is 4.79 Å². The fourth-order valence-electron chi connectivity index (χ4n) is 2.63. The fraction of sp³-hybridized carbons (Fsp3) is 0.500. The van der Waals surface area contributed by atoms with E-state index in [9.17, 15) is 4.79 Å². The van der Waals surface area contributed by atoms with Crippen molar-refractivity contribution in [2.24, 2.45) is 5.92 Å². The van der Waals surface area contributed by atoms with E-state index in [-0.39, 0.29) is 11.8 Å². The Kier molecular flexibility index (Phi) is 3.67. The van der Waals surface area contributed by atoms with Gasteiger partial charge >= 0.3 is 0 Å². The second-order valence-electron chi connectivity index (χ2n) is 4.80. The van der Waals surface area contributed by atoms with E-state index in [4.69, 9.17) is 4.74 Å². The molecule has 0 radical (unpaired) electrons. The first-order valence-corrected chi connectivity index (χ1v) is 8.52. The number of anilines is 1. The molecule has 3 nitrogen and oxygen atoms in total. The molecule has 0 N–H and O–H groups in total. The van der Waals surface area contributed by atoms with Gasteiger partial charge in [0.2, 0.25) is 5.91 Å². The van der Waals surface area contributed by atoms with Gasteiger partial charge in [0, 0.05) is 17.2 Å². The Morgan fingerprint density at radius 2 is 1.84 bits per heavy atom. The van der Waals surface area contributed by atoms with Crippen LogP contribution < -0.4 is 9.64 Å². The topological polar surface area (TPSA) is 29.5 Å². The SMILES string of the molecule is COc1ccc(N2C(=O)[C@@H](C)[C@@H]2C2SCCS2)cc1. The van der Waals surface area contributed by atoms with Crippen molar-refractivity contribution in [1.82, 2.24) is 0 Å². The van der Waals surface area contributed by atoms with Crippen LogP contribution in [0.25, 0.3) is 0 Å². The zero-order valence-corrected chi connectivity index (χ0v) is 12.7. The van der Waals surface area contributed by atoms with Gasteiger partial charge in [0.05, 0.1) is 23.7 Å². The van der Waals surface area contributed by atoms with Crippen LogP contribution in [-0.4, -0.2) is 35.1 Å². The molecule has 0 aliphatic carbocycles. The minimum atomic E-state index is 0.144. The van der Waals surface area contributed by atoms with E-state index in [1.54, 1.807) is 7.11 Å². The van der Waals surface area contributed by atoms with Crippen LogP contribution in [0.3, 0.4) is 0 Å². The number of nitrogens with zero attached hydrogens (tertiary/aromatic N) is 1. The number of carbonyl (C=O) groups is 1. The summed E-state index contributed by atoms with van der Waals surface area (Å²) in [7, 11) is 1.65. The average molecular weight is 295 g/mol. The highest BCUT2D eigenvalue weighted by molar-refractivity contribution is 8.20. The van der Waals surface area contributed by atoms with Gasteiger partial charge in [-0.1, -0.05) is 6.92 Å². The monoisotopic (exact) mass is 295 g/mol. The van der Waals surface area contributed by atoms with Crippen molar-refractivity contribution >= 4 is 35.1 Å². The second-order valence-corrected chi connectivity index (χ2v) is 7.59.